The van der Waals surface area contributed by atoms with Gasteiger partial charge in [0.1, 0.15) is 0 Å². The van der Waals surface area contributed by atoms with Crippen molar-refractivity contribution < 1.29 is 13.2 Å². The van der Waals surface area contributed by atoms with E-state index in [-0.39, 0.29) is 18.9 Å². The number of rotatable bonds is 11. The second-order valence-electron chi connectivity index (χ2n) is 7.00. The van der Waals surface area contributed by atoms with Gasteiger partial charge in [-0.3, -0.25) is 9.10 Å². The number of sulfonamides is 1. The van der Waals surface area contributed by atoms with Crippen molar-refractivity contribution in [2.45, 2.75) is 39.0 Å². The normalized spacial score (nSPS) is 11.3. The molecule has 0 fully saturated rings. The number of hydrogen-bond acceptors (Lipinski definition) is 3. The summed E-state index contributed by atoms with van der Waals surface area (Å²) < 4.78 is 25.7. The molecular formula is C22H29ClN2O3S. The fourth-order valence-electron chi connectivity index (χ4n) is 3.06. The molecule has 2 aromatic carbocycles. The number of benzene rings is 2. The Morgan fingerprint density at radius 2 is 1.76 bits per heavy atom. The third-order valence-corrected chi connectivity index (χ3v) is 6.26. The van der Waals surface area contributed by atoms with Crippen LogP contribution >= 0.6 is 11.6 Å². The van der Waals surface area contributed by atoms with Crippen molar-refractivity contribution in [3.63, 3.8) is 0 Å². The number of carbonyl (C=O) groups excluding carboxylic acids is 1. The quantitative estimate of drug-likeness (QED) is 0.537. The molecule has 0 aromatic heterocycles. The average molecular weight is 437 g/mol. The second-order valence-corrected chi connectivity index (χ2v) is 9.32. The van der Waals surface area contributed by atoms with Crippen molar-refractivity contribution in [2.24, 2.45) is 0 Å². The molecule has 7 heteroatoms. The molecule has 0 saturated carbocycles. The van der Waals surface area contributed by atoms with Gasteiger partial charge in [-0.25, -0.2) is 8.42 Å². The van der Waals surface area contributed by atoms with Crippen LogP contribution in [0.1, 0.15) is 37.3 Å². The Morgan fingerprint density at radius 1 is 1.07 bits per heavy atom. The van der Waals surface area contributed by atoms with Crippen molar-refractivity contribution in [1.82, 2.24) is 5.32 Å². The van der Waals surface area contributed by atoms with Crippen LogP contribution in [0.2, 0.25) is 5.02 Å². The van der Waals surface area contributed by atoms with E-state index in [0.717, 1.165) is 35.4 Å². The molecule has 5 nitrogen and oxygen atoms in total. The van der Waals surface area contributed by atoms with Gasteiger partial charge in [0.05, 0.1) is 11.9 Å². The van der Waals surface area contributed by atoms with E-state index in [1.165, 1.54) is 10.6 Å². The van der Waals surface area contributed by atoms with Gasteiger partial charge in [0, 0.05) is 24.5 Å². The Kier molecular flexibility index (Phi) is 8.99. The SMILES string of the molecule is CCc1ccc(N(CCCC(=O)NCCCc2ccccc2Cl)S(C)(=O)=O)cc1. The van der Waals surface area contributed by atoms with Crippen LogP contribution in [0, 0.1) is 0 Å². The third-order valence-electron chi connectivity index (χ3n) is 4.70. The third kappa shape index (κ3) is 7.71. The van der Waals surface area contributed by atoms with Crippen LogP contribution in [-0.2, 0) is 27.7 Å². The van der Waals surface area contributed by atoms with Crippen molar-refractivity contribution in [2.75, 3.05) is 23.7 Å². The number of nitrogens with one attached hydrogen (secondary N) is 1. The highest BCUT2D eigenvalue weighted by Gasteiger charge is 2.17. The first-order valence-electron chi connectivity index (χ1n) is 9.88. The van der Waals surface area contributed by atoms with Gasteiger partial charge in [0.15, 0.2) is 0 Å². The number of halogens is 1. The summed E-state index contributed by atoms with van der Waals surface area (Å²) in [6, 6.07) is 15.2. The lowest BCUT2D eigenvalue weighted by Gasteiger charge is -2.22. The highest BCUT2D eigenvalue weighted by molar-refractivity contribution is 7.92. The molecule has 0 atom stereocenters. The zero-order chi connectivity index (χ0) is 21.3. The van der Waals surface area contributed by atoms with Gasteiger partial charge in [-0.15, -0.1) is 0 Å². The van der Waals surface area contributed by atoms with Crippen molar-refractivity contribution >= 4 is 33.2 Å². The molecule has 0 aliphatic carbocycles. The van der Waals surface area contributed by atoms with Crippen LogP contribution in [0.25, 0.3) is 0 Å². The molecule has 29 heavy (non-hydrogen) atoms. The highest BCUT2D eigenvalue weighted by Crippen LogP contribution is 2.19. The van der Waals surface area contributed by atoms with E-state index < -0.39 is 10.0 Å². The monoisotopic (exact) mass is 436 g/mol. The van der Waals surface area contributed by atoms with Gasteiger partial charge in [-0.1, -0.05) is 48.9 Å². The Hall–Kier alpha value is -2.05. The molecule has 1 amide bonds. The smallest absolute Gasteiger partial charge is 0.232 e. The minimum Gasteiger partial charge on any atom is -0.356 e. The Balaban J connectivity index is 1.76. The first kappa shape index (κ1) is 23.2. The molecule has 0 heterocycles. The first-order valence-corrected chi connectivity index (χ1v) is 12.1. The molecule has 158 valence electrons. The largest absolute Gasteiger partial charge is 0.356 e. The Morgan fingerprint density at radius 3 is 2.38 bits per heavy atom. The van der Waals surface area contributed by atoms with Crippen LogP contribution in [-0.4, -0.2) is 33.7 Å². The summed E-state index contributed by atoms with van der Waals surface area (Å²) >= 11 is 6.13. The second kappa shape index (κ2) is 11.2. The lowest BCUT2D eigenvalue weighted by molar-refractivity contribution is -0.121. The van der Waals surface area contributed by atoms with Crippen molar-refractivity contribution in [3.8, 4) is 0 Å². The minimum absolute atomic E-state index is 0.0704. The van der Waals surface area contributed by atoms with Crippen LogP contribution in [0.4, 0.5) is 5.69 Å². The molecule has 0 radical (unpaired) electrons. The van der Waals surface area contributed by atoms with E-state index >= 15 is 0 Å². The van der Waals surface area contributed by atoms with Crippen molar-refractivity contribution in [1.29, 1.82) is 0 Å². The average Bonchev–Trinajstić information content (AvgIpc) is 2.69. The van der Waals surface area contributed by atoms with Gasteiger partial charge >= 0.3 is 0 Å². The summed E-state index contributed by atoms with van der Waals surface area (Å²) in [5.74, 6) is -0.0704. The maximum Gasteiger partial charge on any atom is 0.232 e. The highest BCUT2D eigenvalue weighted by atomic mass is 35.5. The minimum atomic E-state index is -3.40. The predicted molar refractivity (Wildman–Crippen MR) is 120 cm³/mol. The van der Waals surface area contributed by atoms with E-state index in [4.69, 9.17) is 11.6 Å². The van der Waals surface area contributed by atoms with E-state index in [1.54, 1.807) is 0 Å². The van der Waals surface area contributed by atoms with Crippen LogP contribution < -0.4 is 9.62 Å². The molecule has 0 aliphatic heterocycles. The molecule has 0 unspecified atom stereocenters. The Labute approximate surface area is 179 Å². The number of amides is 1. The first-order chi connectivity index (χ1) is 13.8. The summed E-state index contributed by atoms with van der Waals surface area (Å²) in [6.07, 6.45) is 4.43. The van der Waals surface area contributed by atoms with Gasteiger partial charge < -0.3 is 5.32 Å². The zero-order valence-electron chi connectivity index (χ0n) is 17.0. The summed E-state index contributed by atoms with van der Waals surface area (Å²) in [6.45, 7) is 2.89. The summed E-state index contributed by atoms with van der Waals surface area (Å²) in [5.41, 5.74) is 2.85. The fourth-order valence-corrected chi connectivity index (χ4v) is 4.26. The van der Waals surface area contributed by atoms with E-state index in [1.807, 2.05) is 48.5 Å². The molecule has 0 saturated heterocycles. The molecule has 2 rings (SSSR count). The standard InChI is InChI=1S/C22H29ClN2O3S/c1-3-18-12-14-20(15-13-18)25(29(2,27)28)17-7-11-22(26)24-16-6-9-19-8-4-5-10-21(19)23/h4-5,8,10,12-15H,3,6-7,9,11,16-17H2,1-2H3,(H,24,26). The Bertz CT molecular complexity index is 899. The molecule has 1 N–H and O–H groups in total. The lowest BCUT2D eigenvalue weighted by atomic mass is 10.1. The van der Waals surface area contributed by atoms with Crippen molar-refractivity contribution in [3.05, 3.63) is 64.7 Å². The predicted octanol–water partition coefficient (Wildman–Crippen LogP) is 4.20. The molecule has 0 aliphatic rings. The number of anilines is 1. The maximum atomic E-state index is 12.1. The summed E-state index contributed by atoms with van der Waals surface area (Å²) in [4.78, 5) is 12.1. The van der Waals surface area contributed by atoms with Crippen LogP contribution in [0.5, 0.6) is 0 Å². The number of nitrogens with zero attached hydrogens (tertiary/aromatic N) is 1. The molecule has 2 aromatic rings. The van der Waals surface area contributed by atoms with Gasteiger partial charge in [0.25, 0.3) is 0 Å². The van der Waals surface area contributed by atoms with E-state index in [9.17, 15) is 13.2 Å². The molecule has 0 bridgehead atoms. The lowest BCUT2D eigenvalue weighted by Crippen LogP contribution is -2.32. The van der Waals surface area contributed by atoms with Gasteiger partial charge in [0.2, 0.25) is 15.9 Å². The number of hydrogen-bond donors (Lipinski definition) is 1. The fraction of sp³-hybridized carbons (Fsp3) is 0.409. The summed E-state index contributed by atoms with van der Waals surface area (Å²) in [5, 5.41) is 3.63. The van der Waals surface area contributed by atoms with Crippen LogP contribution in [0.15, 0.2) is 48.5 Å². The molecule has 0 spiro atoms. The molecular weight excluding hydrogens is 408 g/mol. The number of carbonyl (C=O) groups is 1. The topological polar surface area (TPSA) is 66.5 Å². The van der Waals surface area contributed by atoms with Gasteiger partial charge in [-0.2, -0.15) is 0 Å². The van der Waals surface area contributed by atoms with Crippen LogP contribution in [0.3, 0.4) is 0 Å². The number of aryl methyl sites for hydroxylation is 2. The zero-order valence-corrected chi connectivity index (χ0v) is 18.6. The van der Waals surface area contributed by atoms with E-state index in [0.29, 0.717) is 18.7 Å². The van der Waals surface area contributed by atoms with E-state index in [2.05, 4.69) is 12.2 Å². The summed E-state index contributed by atoms with van der Waals surface area (Å²) in [7, 11) is -3.40. The maximum absolute atomic E-state index is 12.1. The van der Waals surface area contributed by atoms with Gasteiger partial charge in [-0.05, 0) is 55.0 Å².